The van der Waals surface area contributed by atoms with E-state index in [9.17, 15) is 31.1 Å². The van der Waals surface area contributed by atoms with Crippen molar-refractivity contribution in [1.82, 2.24) is 5.06 Å². The van der Waals surface area contributed by atoms with Crippen LogP contribution >= 0.6 is 0 Å². The monoisotopic (exact) mass is 305 g/mol. The summed E-state index contributed by atoms with van der Waals surface area (Å²) in [6, 6.07) is 0. The maximum absolute atomic E-state index is 12.7. The lowest BCUT2D eigenvalue weighted by atomic mass is 9.79. The first-order chi connectivity index (χ1) is 9.05. The first-order valence-electron chi connectivity index (χ1n) is 5.34. The number of hydrogen-bond acceptors (Lipinski definition) is 4. The van der Waals surface area contributed by atoms with E-state index in [0.29, 0.717) is 0 Å². The van der Waals surface area contributed by atoms with E-state index in [4.69, 9.17) is 0 Å². The Morgan fingerprint density at radius 2 is 1.90 bits per heavy atom. The van der Waals surface area contributed by atoms with Crippen molar-refractivity contribution in [2.24, 2.45) is 4.99 Å². The SMILES string of the molecule is O=C(OC1(C(F)(F)F)CCC1)N1[C]=NC(C(F)(F)F)O1. The minimum absolute atomic E-state index is 0.191. The van der Waals surface area contributed by atoms with Crippen LogP contribution in [0.1, 0.15) is 19.3 Å². The number of alkyl halides is 6. The van der Waals surface area contributed by atoms with Gasteiger partial charge in [-0.15, -0.1) is 5.06 Å². The number of hydrogen-bond donors (Lipinski definition) is 0. The molecule has 2 rings (SSSR count). The molecule has 0 aromatic rings. The minimum Gasteiger partial charge on any atom is -0.431 e. The van der Waals surface area contributed by atoms with Crippen LogP contribution in [-0.2, 0) is 9.57 Å². The zero-order chi connectivity index (χ0) is 15.2. The Morgan fingerprint density at radius 1 is 1.30 bits per heavy atom. The van der Waals surface area contributed by atoms with E-state index in [0.717, 1.165) is 0 Å². The van der Waals surface area contributed by atoms with E-state index in [-0.39, 0.29) is 11.5 Å². The van der Waals surface area contributed by atoms with Crippen molar-refractivity contribution in [3.05, 3.63) is 0 Å². The zero-order valence-corrected chi connectivity index (χ0v) is 9.59. The van der Waals surface area contributed by atoms with Gasteiger partial charge in [-0.25, -0.2) is 14.6 Å². The Labute approximate surface area is 108 Å². The van der Waals surface area contributed by atoms with Gasteiger partial charge >= 0.3 is 18.4 Å². The molecule has 1 amide bonds. The van der Waals surface area contributed by atoms with Crippen LogP contribution in [0.2, 0.25) is 0 Å². The van der Waals surface area contributed by atoms with Gasteiger partial charge in [-0.05, 0) is 19.3 Å². The molecule has 1 heterocycles. The van der Waals surface area contributed by atoms with Gasteiger partial charge in [-0.2, -0.15) is 26.3 Å². The highest BCUT2D eigenvalue weighted by molar-refractivity contribution is 5.82. The molecule has 20 heavy (non-hydrogen) atoms. The predicted octanol–water partition coefficient (Wildman–Crippen LogP) is 2.65. The van der Waals surface area contributed by atoms with Crippen molar-refractivity contribution in [3.8, 4) is 0 Å². The highest BCUT2D eigenvalue weighted by Crippen LogP contribution is 2.48. The van der Waals surface area contributed by atoms with Crippen molar-refractivity contribution in [1.29, 1.82) is 0 Å². The summed E-state index contributed by atoms with van der Waals surface area (Å²) in [6.45, 7) is 0. The highest BCUT2D eigenvalue weighted by Gasteiger charge is 2.62. The molecule has 1 unspecified atom stereocenters. The summed E-state index contributed by atoms with van der Waals surface area (Å²) in [5, 5.41) is -0.218. The number of carbonyl (C=O) groups is 1. The fraction of sp³-hybridized carbons (Fsp3) is 0.778. The number of nitrogens with zero attached hydrogens (tertiary/aromatic N) is 2. The second-order valence-electron chi connectivity index (χ2n) is 4.24. The lowest BCUT2D eigenvalue weighted by molar-refractivity contribution is -0.296. The predicted molar refractivity (Wildman–Crippen MR) is 49.3 cm³/mol. The maximum Gasteiger partial charge on any atom is 0.441 e. The van der Waals surface area contributed by atoms with E-state index >= 15 is 0 Å². The van der Waals surface area contributed by atoms with Crippen molar-refractivity contribution in [2.45, 2.75) is 43.4 Å². The van der Waals surface area contributed by atoms with Gasteiger partial charge in [0.1, 0.15) is 0 Å². The van der Waals surface area contributed by atoms with Crippen LogP contribution in [0.25, 0.3) is 0 Å². The molecule has 0 N–H and O–H groups in total. The van der Waals surface area contributed by atoms with E-state index in [1.165, 1.54) is 6.34 Å². The molecule has 5 nitrogen and oxygen atoms in total. The number of carbonyl (C=O) groups excluding carboxylic acids is 1. The summed E-state index contributed by atoms with van der Waals surface area (Å²) < 4.78 is 78.9. The van der Waals surface area contributed by atoms with Gasteiger partial charge in [0, 0.05) is 0 Å². The lowest BCUT2D eigenvalue weighted by Gasteiger charge is -2.42. The zero-order valence-electron chi connectivity index (χ0n) is 9.59. The average molecular weight is 305 g/mol. The molecule has 0 aromatic heterocycles. The first-order valence-corrected chi connectivity index (χ1v) is 5.34. The summed E-state index contributed by atoms with van der Waals surface area (Å²) in [7, 11) is 0. The van der Waals surface area contributed by atoms with Crippen molar-refractivity contribution >= 4 is 12.4 Å². The molecule has 1 aliphatic carbocycles. The highest BCUT2D eigenvalue weighted by atomic mass is 19.4. The molecule has 1 aliphatic heterocycles. The normalized spacial score (nSPS) is 25.5. The molecule has 1 fully saturated rings. The Hall–Kier alpha value is -1.52. The van der Waals surface area contributed by atoms with Crippen LogP contribution in [0, 0.1) is 0 Å². The largest absolute Gasteiger partial charge is 0.441 e. The second-order valence-corrected chi connectivity index (χ2v) is 4.24. The number of halogens is 6. The van der Waals surface area contributed by atoms with Crippen molar-refractivity contribution in [3.63, 3.8) is 0 Å². The molecular formula is C9H7F6N2O3. The van der Waals surface area contributed by atoms with Crippen LogP contribution < -0.4 is 0 Å². The van der Waals surface area contributed by atoms with Gasteiger partial charge < -0.3 is 4.74 Å². The van der Waals surface area contributed by atoms with Crippen LogP contribution in [0.15, 0.2) is 4.99 Å². The third kappa shape index (κ3) is 2.53. The summed E-state index contributed by atoms with van der Waals surface area (Å²) in [6.07, 6.45) is -13.3. The molecule has 113 valence electrons. The van der Waals surface area contributed by atoms with E-state index in [1.807, 2.05) is 0 Å². The van der Waals surface area contributed by atoms with Crippen LogP contribution in [0.5, 0.6) is 0 Å². The van der Waals surface area contributed by atoms with Gasteiger partial charge in [0.05, 0.1) is 0 Å². The summed E-state index contributed by atoms with van der Waals surface area (Å²) in [5.74, 6) is 0. The number of amides is 1. The molecule has 0 aromatic carbocycles. The number of rotatable bonds is 1. The molecule has 1 atom stereocenters. The third-order valence-corrected chi connectivity index (χ3v) is 2.88. The standard InChI is InChI=1S/C9H7F6N2O3/c10-8(11,12)5-16-4-17(20-5)6(18)19-7(2-1-3-7)9(13,14)15/h5H,1-3H2. The average Bonchev–Trinajstić information content (AvgIpc) is 2.69. The van der Waals surface area contributed by atoms with Crippen LogP contribution in [0.4, 0.5) is 31.1 Å². The molecule has 1 radical (unpaired) electrons. The number of aliphatic imine (C=N–C) groups is 1. The van der Waals surface area contributed by atoms with Gasteiger partial charge in [-0.1, -0.05) is 0 Å². The fourth-order valence-corrected chi connectivity index (χ4v) is 1.62. The lowest BCUT2D eigenvalue weighted by Crippen LogP contribution is -2.55. The Bertz CT molecular complexity index is 428. The first kappa shape index (κ1) is 14.9. The third-order valence-electron chi connectivity index (χ3n) is 2.88. The number of ether oxygens (including phenoxy) is 1. The summed E-state index contributed by atoms with van der Waals surface area (Å²) in [4.78, 5) is 18.1. The van der Waals surface area contributed by atoms with Crippen LogP contribution in [0.3, 0.4) is 0 Å². The van der Waals surface area contributed by atoms with Crippen molar-refractivity contribution < 1.29 is 40.7 Å². The Balaban J connectivity index is 1.99. The molecular weight excluding hydrogens is 298 g/mol. The van der Waals surface area contributed by atoms with Gasteiger partial charge in [0.15, 0.2) is 0 Å². The van der Waals surface area contributed by atoms with Crippen LogP contribution in [-0.4, -0.2) is 41.7 Å². The summed E-state index contributed by atoms with van der Waals surface area (Å²) in [5.41, 5.74) is -2.68. The smallest absolute Gasteiger partial charge is 0.431 e. The molecule has 0 spiro atoms. The topological polar surface area (TPSA) is 51.1 Å². The van der Waals surface area contributed by atoms with Gasteiger partial charge in [-0.3, -0.25) is 0 Å². The maximum atomic E-state index is 12.7. The molecule has 0 saturated heterocycles. The molecule has 2 aliphatic rings. The molecule has 0 bridgehead atoms. The van der Waals surface area contributed by atoms with E-state index in [2.05, 4.69) is 14.6 Å². The van der Waals surface area contributed by atoms with Gasteiger partial charge in [0.25, 0.3) is 6.23 Å². The Kier molecular flexibility index (Phi) is 3.35. The fourth-order valence-electron chi connectivity index (χ4n) is 1.62. The van der Waals surface area contributed by atoms with Gasteiger partial charge in [0.2, 0.25) is 11.9 Å². The minimum atomic E-state index is -4.90. The second kappa shape index (κ2) is 4.50. The van der Waals surface area contributed by atoms with E-state index in [1.54, 1.807) is 0 Å². The Morgan fingerprint density at radius 3 is 2.25 bits per heavy atom. The quantitative estimate of drug-likeness (QED) is 0.700. The number of hydroxylamine groups is 2. The molecule has 11 heteroatoms. The van der Waals surface area contributed by atoms with Crippen molar-refractivity contribution in [2.75, 3.05) is 0 Å². The molecule has 1 saturated carbocycles. The summed E-state index contributed by atoms with van der Waals surface area (Å²) >= 11 is 0. The van der Waals surface area contributed by atoms with E-state index < -0.39 is 43.1 Å².